The van der Waals surface area contributed by atoms with Gasteiger partial charge in [0.2, 0.25) is 12.3 Å². The van der Waals surface area contributed by atoms with Crippen molar-refractivity contribution in [3.05, 3.63) is 93.2 Å². The number of halogens is 2. The van der Waals surface area contributed by atoms with E-state index in [1.165, 1.54) is 19.0 Å². The number of methoxy groups -OCH3 is 1. The smallest absolute Gasteiger partial charge is 0.244 e. The highest BCUT2D eigenvalue weighted by Crippen LogP contribution is 2.36. The van der Waals surface area contributed by atoms with Gasteiger partial charge in [0.15, 0.2) is 0 Å². The monoisotopic (exact) mass is 525 g/mol. The molecule has 2 amide bonds. The minimum absolute atomic E-state index is 0.260. The highest BCUT2D eigenvalue weighted by molar-refractivity contribution is 6.32. The van der Waals surface area contributed by atoms with Crippen molar-refractivity contribution in [3.63, 3.8) is 0 Å². The van der Waals surface area contributed by atoms with Gasteiger partial charge in [-0.25, -0.2) is 9.99 Å². The molecule has 0 fully saturated rings. The number of aromatic nitrogens is 1. The van der Waals surface area contributed by atoms with Crippen LogP contribution in [0.15, 0.2) is 65.9 Å². The van der Waals surface area contributed by atoms with Crippen LogP contribution < -0.4 is 10.3 Å². The van der Waals surface area contributed by atoms with Gasteiger partial charge in [-0.2, -0.15) is 10.4 Å². The molecule has 0 saturated carbocycles. The maximum Gasteiger partial charge on any atom is 0.244 e. The maximum atomic E-state index is 12.2. The molecule has 0 saturated heterocycles. The van der Waals surface area contributed by atoms with Crippen molar-refractivity contribution in [3.8, 4) is 6.07 Å². The van der Waals surface area contributed by atoms with Gasteiger partial charge in [-0.05, 0) is 47.4 Å². The molecule has 3 aromatic rings. The Hall–Kier alpha value is -3.77. The highest BCUT2D eigenvalue weighted by Gasteiger charge is 2.22. The molecule has 0 aliphatic heterocycles. The average molecular weight is 526 g/mol. The summed E-state index contributed by atoms with van der Waals surface area (Å²) in [4.78, 5) is 25.6. The lowest BCUT2D eigenvalue weighted by atomic mass is 9.90. The summed E-state index contributed by atoms with van der Waals surface area (Å²) in [7, 11) is 1.51. The van der Waals surface area contributed by atoms with Crippen LogP contribution in [0.2, 0.25) is 10.2 Å². The van der Waals surface area contributed by atoms with Crippen molar-refractivity contribution in [1.82, 2.24) is 10.3 Å². The highest BCUT2D eigenvalue weighted by atomic mass is 35.5. The van der Waals surface area contributed by atoms with Gasteiger partial charge in [0.25, 0.3) is 0 Å². The zero-order valence-electron chi connectivity index (χ0n) is 20.0. The van der Waals surface area contributed by atoms with E-state index in [-0.39, 0.29) is 5.91 Å². The Morgan fingerprint density at radius 1 is 1.25 bits per heavy atom. The van der Waals surface area contributed by atoms with E-state index in [9.17, 15) is 14.9 Å². The number of amides is 2. The Morgan fingerprint density at radius 3 is 2.47 bits per heavy atom. The first kappa shape index (κ1) is 28.5. The summed E-state index contributed by atoms with van der Waals surface area (Å²) in [5, 5.41) is 18.4. The summed E-state index contributed by atoms with van der Waals surface area (Å²) in [5.74, 6) is -0.876. The molecule has 1 N–H and O–H groups in total. The predicted molar refractivity (Wildman–Crippen MR) is 141 cm³/mol. The summed E-state index contributed by atoms with van der Waals surface area (Å²) in [6, 6.07) is 18.6. The van der Waals surface area contributed by atoms with Crippen molar-refractivity contribution in [2.45, 2.75) is 19.8 Å². The second-order valence-electron chi connectivity index (χ2n) is 7.38. The number of anilines is 1. The number of benzene rings is 2. The fraction of sp³-hybridized carbons (Fsp3) is 0.192. The number of carbonyl (C=O) groups is 2. The fourth-order valence-electron chi connectivity index (χ4n) is 3.20. The number of carbonyl (C=O) groups excluding carboxylic acids is 2. The Labute approximate surface area is 220 Å². The van der Waals surface area contributed by atoms with E-state index < -0.39 is 5.92 Å². The van der Waals surface area contributed by atoms with Crippen LogP contribution in [0.5, 0.6) is 0 Å². The molecule has 1 heterocycles. The van der Waals surface area contributed by atoms with E-state index in [2.05, 4.69) is 26.2 Å². The van der Waals surface area contributed by atoms with E-state index in [1.54, 1.807) is 36.7 Å². The number of hydrogen-bond donors (Lipinski definition) is 1. The minimum atomic E-state index is -0.616. The molecular weight excluding hydrogens is 501 g/mol. The number of pyridine rings is 1. The van der Waals surface area contributed by atoms with Crippen molar-refractivity contribution in [2.24, 2.45) is 5.10 Å². The van der Waals surface area contributed by atoms with Gasteiger partial charge in [-0.3, -0.25) is 9.59 Å². The predicted octanol–water partition coefficient (Wildman–Crippen LogP) is 5.08. The van der Waals surface area contributed by atoms with E-state index in [4.69, 9.17) is 23.2 Å². The first-order valence-electron chi connectivity index (χ1n) is 10.7. The van der Waals surface area contributed by atoms with Gasteiger partial charge in [-0.1, -0.05) is 59.6 Å². The van der Waals surface area contributed by atoms with Crippen LogP contribution in [0.4, 0.5) is 5.69 Å². The Morgan fingerprint density at radius 2 is 1.97 bits per heavy atom. The van der Waals surface area contributed by atoms with Crippen LogP contribution >= 0.6 is 23.2 Å². The molecule has 3 rings (SSSR count). The number of rotatable bonds is 8. The molecule has 1 aromatic heterocycles. The molecule has 0 bridgehead atoms. The SMILES string of the molecule is CC(=O)N(/N=C/c1ccccc1)c1cc(C)c(C(C#N)c2ccc(Cl)nc2)c(Cl)c1.COCNC=O. The van der Waals surface area contributed by atoms with E-state index >= 15 is 0 Å². The molecule has 0 aliphatic rings. The fourth-order valence-corrected chi connectivity index (χ4v) is 3.68. The Bertz CT molecular complexity index is 1210. The number of aryl methyl sites for hydroxylation is 1. The van der Waals surface area contributed by atoms with Gasteiger partial charge in [0.1, 0.15) is 11.9 Å². The largest absolute Gasteiger partial charge is 0.365 e. The lowest BCUT2D eigenvalue weighted by Gasteiger charge is -2.20. The number of hydrogen-bond acceptors (Lipinski definition) is 6. The zero-order chi connectivity index (χ0) is 26.5. The maximum absolute atomic E-state index is 12.2. The molecule has 8 nitrogen and oxygen atoms in total. The minimum Gasteiger partial charge on any atom is -0.365 e. The van der Waals surface area contributed by atoms with Gasteiger partial charge in [0.05, 0.1) is 23.9 Å². The van der Waals surface area contributed by atoms with Crippen LogP contribution in [0.25, 0.3) is 0 Å². The Kier molecular flexibility index (Phi) is 11.5. The van der Waals surface area contributed by atoms with Crippen molar-refractivity contribution in [2.75, 3.05) is 18.8 Å². The van der Waals surface area contributed by atoms with Gasteiger partial charge in [0, 0.05) is 25.3 Å². The van der Waals surface area contributed by atoms with Crippen LogP contribution in [0.3, 0.4) is 0 Å². The molecule has 2 aromatic carbocycles. The molecule has 0 spiro atoms. The van der Waals surface area contributed by atoms with Crippen molar-refractivity contribution < 1.29 is 14.3 Å². The van der Waals surface area contributed by atoms with Gasteiger partial charge in [-0.15, -0.1) is 0 Å². The normalized spacial score (nSPS) is 11.1. The topological polar surface area (TPSA) is 108 Å². The van der Waals surface area contributed by atoms with Gasteiger partial charge < -0.3 is 10.1 Å². The van der Waals surface area contributed by atoms with E-state index in [1.807, 2.05) is 37.3 Å². The summed E-state index contributed by atoms with van der Waals surface area (Å²) in [6.45, 7) is 3.57. The number of ether oxygens (including phenoxy) is 1. The zero-order valence-corrected chi connectivity index (χ0v) is 21.5. The third-order valence-corrected chi connectivity index (χ3v) is 5.33. The molecule has 1 unspecified atom stereocenters. The standard InChI is InChI=1S/C23H18Cl2N4O.C3H7NO2/c1-15-10-19(29(16(2)30)28-13-17-6-4-3-5-7-17)11-21(24)23(15)20(12-26)18-8-9-22(25)27-14-18;1-6-3-4-2-5/h3-11,13-14,20H,1-2H3;2H,3H2,1H3,(H,4,5)/b28-13+;. The second-order valence-corrected chi connectivity index (χ2v) is 8.17. The first-order valence-corrected chi connectivity index (χ1v) is 11.4. The molecule has 0 aliphatic carbocycles. The van der Waals surface area contributed by atoms with E-state index in [0.717, 1.165) is 11.1 Å². The van der Waals surface area contributed by atoms with Gasteiger partial charge >= 0.3 is 0 Å². The lowest BCUT2D eigenvalue weighted by Crippen LogP contribution is -2.22. The van der Waals surface area contributed by atoms with Crippen LogP contribution in [-0.2, 0) is 14.3 Å². The second kappa shape index (κ2) is 14.6. The number of nitrogens with zero attached hydrogens (tertiary/aromatic N) is 4. The number of nitrogens with one attached hydrogen (secondary N) is 1. The third-order valence-electron chi connectivity index (χ3n) is 4.80. The molecule has 36 heavy (non-hydrogen) atoms. The number of hydrazone groups is 1. The molecular formula is C26H25Cl2N5O3. The quantitative estimate of drug-likeness (QED) is 0.110. The number of nitriles is 1. The van der Waals surface area contributed by atoms with Crippen molar-refractivity contribution in [1.29, 1.82) is 5.26 Å². The average Bonchev–Trinajstić information content (AvgIpc) is 2.86. The third kappa shape index (κ3) is 8.17. The Balaban J connectivity index is 0.000000678. The lowest BCUT2D eigenvalue weighted by molar-refractivity contribution is -0.116. The van der Waals surface area contributed by atoms with Crippen molar-refractivity contribution >= 4 is 47.4 Å². The first-order chi connectivity index (χ1) is 17.3. The summed E-state index contributed by atoms with van der Waals surface area (Å²) in [6.07, 6.45) is 3.76. The summed E-state index contributed by atoms with van der Waals surface area (Å²) < 4.78 is 4.44. The molecule has 186 valence electrons. The summed E-state index contributed by atoms with van der Waals surface area (Å²) in [5.41, 5.74) is 3.49. The van der Waals surface area contributed by atoms with E-state index in [0.29, 0.717) is 40.1 Å². The molecule has 1 atom stereocenters. The molecule has 10 heteroatoms. The van der Waals surface area contributed by atoms with Crippen LogP contribution in [0, 0.1) is 18.3 Å². The van der Waals surface area contributed by atoms with Crippen LogP contribution in [0.1, 0.15) is 35.1 Å². The van der Waals surface area contributed by atoms with Crippen LogP contribution in [-0.4, -0.2) is 37.4 Å². The summed E-state index contributed by atoms with van der Waals surface area (Å²) >= 11 is 12.4. The molecule has 0 radical (unpaired) electrons.